The number of carbonyl (C=O) groups is 1. The minimum absolute atomic E-state index is 0.0670. The summed E-state index contributed by atoms with van der Waals surface area (Å²) < 4.78 is 14.9. The van der Waals surface area contributed by atoms with E-state index < -0.39 is 0 Å². The van der Waals surface area contributed by atoms with Crippen molar-refractivity contribution in [2.24, 2.45) is 0 Å². The highest BCUT2D eigenvalue weighted by Crippen LogP contribution is 2.32. The second kappa shape index (κ2) is 8.23. The van der Waals surface area contributed by atoms with Gasteiger partial charge < -0.3 is 5.32 Å². The SMILES string of the molecule is Cc1ccc(-c2nn(CC(=O)NCc3ccc(F)cc3)c3c2cnc2ccccc23)cc1. The highest BCUT2D eigenvalue weighted by molar-refractivity contribution is 6.08. The van der Waals surface area contributed by atoms with Gasteiger partial charge in [-0.2, -0.15) is 5.10 Å². The van der Waals surface area contributed by atoms with Gasteiger partial charge in [0.25, 0.3) is 0 Å². The molecule has 2 aromatic heterocycles. The topological polar surface area (TPSA) is 59.8 Å². The summed E-state index contributed by atoms with van der Waals surface area (Å²) in [6.07, 6.45) is 1.83. The van der Waals surface area contributed by atoms with Crippen molar-refractivity contribution < 1.29 is 9.18 Å². The Hall–Kier alpha value is -4.06. The van der Waals surface area contributed by atoms with E-state index in [4.69, 9.17) is 5.10 Å². The Balaban J connectivity index is 1.52. The van der Waals surface area contributed by atoms with Crippen molar-refractivity contribution in [2.45, 2.75) is 20.0 Å². The number of pyridine rings is 1. The Morgan fingerprint density at radius 1 is 0.969 bits per heavy atom. The predicted molar refractivity (Wildman–Crippen MR) is 123 cm³/mol. The van der Waals surface area contributed by atoms with Crippen LogP contribution in [0.2, 0.25) is 0 Å². The van der Waals surface area contributed by atoms with Gasteiger partial charge in [-0.15, -0.1) is 0 Å². The highest BCUT2D eigenvalue weighted by atomic mass is 19.1. The molecule has 6 heteroatoms. The molecule has 1 N–H and O–H groups in total. The average Bonchev–Trinajstić information content (AvgIpc) is 3.18. The lowest BCUT2D eigenvalue weighted by Gasteiger charge is -2.08. The third-order valence-electron chi connectivity index (χ3n) is 5.50. The van der Waals surface area contributed by atoms with Crippen LogP contribution in [0.3, 0.4) is 0 Å². The molecule has 5 aromatic rings. The molecule has 0 spiro atoms. The van der Waals surface area contributed by atoms with Crippen molar-refractivity contribution in [3.63, 3.8) is 0 Å². The quantitative estimate of drug-likeness (QED) is 0.431. The summed E-state index contributed by atoms with van der Waals surface area (Å²) in [5.41, 5.74) is 5.50. The molecule has 2 heterocycles. The molecular formula is C26H21FN4O. The summed E-state index contributed by atoms with van der Waals surface area (Å²) in [4.78, 5) is 17.4. The third-order valence-corrected chi connectivity index (χ3v) is 5.50. The van der Waals surface area contributed by atoms with Crippen molar-refractivity contribution >= 4 is 27.7 Å². The monoisotopic (exact) mass is 424 g/mol. The zero-order valence-electron chi connectivity index (χ0n) is 17.5. The van der Waals surface area contributed by atoms with E-state index in [1.54, 1.807) is 16.8 Å². The molecule has 0 saturated carbocycles. The van der Waals surface area contributed by atoms with Gasteiger partial charge in [0.05, 0.1) is 11.0 Å². The number of aromatic nitrogens is 3. The minimum Gasteiger partial charge on any atom is -0.350 e. The second-order valence-corrected chi connectivity index (χ2v) is 7.81. The van der Waals surface area contributed by atoms with Crippen molar-refractivity contribution in [2.75, 3.05) is 0 Å². The molecule has 32 heavy (non-hydrogen) atoms. The number of hydrogen-bond acceptors (Lipinski definition) is 3. The average molecular weight is 424 g/mol. The lowest BCUT2D eigenvalue weighted by Crippen LogP contribution is -2.27. The molecule has 0 bridgehead atoms. The highest BCUT2D eigenvalue weighted by Gasteiger charge is 2.17. The van der Waals surface area contributed by atoms with Crippen LogP contribution in [0.15, 0.2) is 79.0 Å². The summed E-state index contributed by atoms with van der Waals surface area (Å²) in [6.45, 7) is 2.43. The van der Waals surface area contributed by atoms with Gasteiger partial charge in [-0.25, -0.2) is 4.39 Å². The smallest absolute Gasteiger partial charge is 0.242 e. The van der Waals surface area contributed by atoms with Gasteiger partial charge in [-0.1, -0.05) is 60.2 Å². The summed E-state index contributed by atoms with van der Waals surface area (Å²) in [6, 6.07) is 22.1. The van der Waals surface area contributed by atoms with Crippen LogP contribution >= 0.6 is 0 Å². The van der Waals surface area contributed by atoms with Gasteiger partial charge in [-0.05, 0) is 30.7 Å². The number of fused-ring (bicyclic) bond motifs is 3. The number of para-hydroxylation sites is 1. The van der Waals surface area contributed by atoms with E-state index in [1.165, 1.54) is 17.7 Å². The van der Waals surface area contributed by atoms with Crippen LogP contribution in [0.5, 0.6) is 0 Å². The Bertz CT molecular complexity index is 1420. The van der Waals surface area contributed by atoms with Gasteiger partial charge in [0.1, 0.15) is 18.1 Å². The number of benzene rings is 3. The molecule has 0 aliphatic heterocycles. The van der Waals surface area contributed by atoms with Gasteiger partial charge in [0.15, 0.2) is 0 Å². The van der Waals surface area contributed by atoms with E-state index in [-0.39, 0.29) is 18.3 Å². The maximum Gasteiger partial charge on any atom is 0.242 e. The molecule has 158 valence electrons. The molecule has 3 aromatic carbocycles. The van der Waals surface area contributed by atoms with Crippen molar-refractivity contribution in [3.8, 4) is 11.3 Å². The van der Waals surface area contributed by atoms with E-state index in [2.05, 4.69) is 10.3 Å². The number of aryl methyl sites for hydroxylation is 1. The van der Waals surface area contributed by atoms with Crippen LogP contribution in [0.4, 0.5) is 4.39 Å². The summed E-state index contributed by atoms with van der Waals surface area (Å²) in [7, 11) is 0. The summed E-state index contributed by atoms with van der Waals surface area (Å²) in [5, 5.41) is 9.56. The lowest BCUT2D eigenvalue weighted by atomic mass is 10.1. The van der Waals surface area contributed by atoms with Crippen LogP contribution < -0.4 is 5.32 Å². The number of hydrogen-bond donors (Lipinski definition) is 1. The first-order valence-corrected chi connectivity index (χ1v) is 10.4. The number of nitrogens with one attached hydrogen (secondary N) is 1. The van der Waals surface area contributed by atoms with Crippen LogP contribution in [0.1, 0.15) is 11.1 Å². The van der Waals surface area contributed by atoms with Gasteiger partial charge in [-0.3, -0.25) is 14.5 Å². The Morgan fingerprint density at radius 3 is 2.50 bits per heavy atom. The zero-order valence-corrected chi connectivity index (χ0v) is 17.5. The normalized spacial score (nSPS) is 11.2. The molecule has 5 rings (SSSR count). The fourth-order valence-electron chi connectivity index (χ4n) is 3.84. The number of halogens is 1. The standard InChI is InChI=1S/C26H21FN4O/c1-17-6-10-19(11-7-17)25-22-15-28-23-5-3-2-4-21(23)26(22)31(30-25)16-24(32)29-14-18-8-12-20(27)13-9-18/h2-13,15H,14,16H2,1H3,(H,29,32). The molecule has 0 aliphatic rings. The fourth-order valence-corrected chi connectivity index (χ4v) is 3.84. The second-order valence-electron chi connectivity index (χ2n) is 7.81. The molecule has 0 atom stereocenters. The van der Waals surface area contributed by atoms with Crippen LogP contribution in [-0.2, 0) is 17.9 Å². The van der Waals surface area contributed by atoms with Crippen LogP contribution in [0.25, 0.3) is 33.1 Å². The molecule has 0 unspecified atom stereocenters. The molecule has 1 amide bonds. The first-order chi connectivity index (χ1) is 15.6. The van der Waals surface area contributed by atoms with Crippen LogP contribution in [-0.4, -0.2) is 20.7 Å². The van der Waals surface area contributed by atoms with Crippen LogP contribution in [0, 0.1) is 12.7 Å². The molecule has 0 radical (unpaired) electrons. The molecular weight excluding hydrogens is 403 g/mol. The maximum absolute atomic E-state index is 13.1. The number of rotatable bonds is 5. The van der Waals surface area contributed by atoms with Crippen molar-refractivity contribution in [3.05, 3.63) is 95.9 Å². The van der Waals surface area contributed by atoms with Gasteiger partial charge in [0, 0.05) is 29.1 Å². The minimum atomic E-state index is -0.299. The van der Waals surface area contributed by atoms with Crippen molar-refractivity contribution in [1.29, 1.82) is 0 Å². The Labute approximate surface area is 184 Å². The molecule has 0 saturated heterocycles. The van der Waals surface area contributed by atoms with Gasteiger partial charge in [0.2, 0.25) is 5.91 Å². The van der Waals surface area contributed by atoms with Gasteiger partial charge >= 0.3 is 0 Å². The first-order valence-electron chi connectivity index (χ1n) is 10.4. The number of amides is 1. The van der Waals surface area contributed by atoms with E-state index in [1.807, 2.05) is 61.7 Å². The van der Waals surface area contributed by atoms with E-state index in [0.717, 1.165) is 38.6 Å². The zero-order chi connectivity index (χ0) is 22.1. The summed E-state index contributed by atoms with van der Waals surface area (Å²) >= 11 is 0. The molecule has 5 nitrogen and oxygen atoms in total. The van der Waals surface area contributed by atoms with E-state index >= 15 is 0 Å². The summed E-state index contributed by atoms with van der Waals surface area (Å²) in [5.74, 6) is -0.470. The predicted octanol–water partition coefficient (Wildman–Crippen LogP) is 5.02. The van der Waals surface area contributed by atoms with E-state index in [0.29, 0.717) is 6.54 Å². The fraction of sp³-hybridized carbons (Fsp3) is 0.115. The largest absolute Gasteiger partial charge is 0.350 e. The maximum atomic E-state index is 13.1. The Morgan fingerprint density at radius 2 is 1.72 bits per heavy atom. The molecule has 0 aliphatic carbocycles. The number of nitrogens with zero attached hydrogens (tertiary/aromatic N) is 3. The third kappa shape index (κ3) is 3.83. The first kappa shape index (κ1) is 19.9. The van der Waals surface area contributed by atoms with Crippen molar-refractivity contribution in [1.82, 2.24) is 20.1 Å². The Kier molecular flexibility index (Phi) is 5.11. The number of carbonyl (C=O) groups excluding carboxylic acids is 1. The molecule has 0 fully saturated rings. The van der Waals surface area contributed by atoms with E-state index in [9.17, 15) is 9.18 Å². The lowest BCUT2D eigenvalue weighted by molar-refractivity contribution is -0.121.